The van der Waals surface area contributed by atoms with Gasteiger partial charge in [-0.15, -0.1) is 0 Å². The summed E-state index contributed by atoms with van der Waals surface area (Å²) in [7, 11) is -0.716. The van der Waals surface area contributed by atoms with E-state index in [9.17, 15) is 8.42 Å². The van der Waals surface area contributed by atoms with Gasteiger partial charge in [0.15, 0.2) is 7.14 Å². The molecule has 0 aliphatic heterocycles. The zero-order valence-electron chi connectivity index (χ0n) is 15.8. The van der Waals surface area contributed by atoms with Crippen LogP contribution in [-0.2, 0) is 12.6 Å². The number of halogens is 1. The molecule has 5 nitrogen and oxygen atoms in total. The third-order valence-electron chi connectivity index (χ3n) is 3.95. The summed E-state index contributed by atoms with van der Waals surface area (Å²) in [5, 5.41) is 0. The summed E-state index contributed by atoms with van der Waals surface area (Å²) in [6, 6.07) is 21.3. The van der Waals surface area contributed by atoms with Crippen molar-refractivity contribution in [3.05, 3.63) is 85.5 Å². The highest BCUT2D eigenvalue weighted by molar-refractivity contribution is 7.86. The predicted molar refractivity (Wildman–Crippen MR) is 103 cm³/mol. The normalized spacial score (nSPS) is 11.4. The smallest absolute Gasteiger partial charge is 0.336 e. The molecule has 0 saturated carbocycles. The van der Waals surface area contributed by atoms with Crippen molar-refractivity contribution in [2.45, 2.75) is 11.8 Å². The average molecular weight is 512 g/mol. The fourth-order valence-corrected chi connectivity index (χ4v) is 9.28. The van der Waals surface area contributed by atoms with Gasteiger partial charge < -0.3 is 9.47 Å². The number of benzene rings is 3. The van der Waals surface area contributed by atoms with Crippen LogP contribution in [-0.4, -0.2) is 22.6 Å². The Morgan fingerprint density at radius 1 is 0.679 bits per heavy atom. The lowest BCUT2D eigenvalue weighted by Gasteiger charge is -2.08. The van der Waals surface area contributed by atoms with Gasteiger partial charge in [0.05, 0.1) is 19.1 Å². The molecule has 0 atom stereocenters. The molecule has 0 aromatic heterocycles. The van der Waals surface area contributed by atoms with E-state index in [1.54, 1.807) is 38.5 Å². The Bertz CT molecular complexity index is 966. The average Bonchev–Trinajstić information content (AvgIpc) is 2.72. The molecule has 0 saturated heterocycles. The lowest BCUT2D eigenvalue weighted by molar-refractivity contribution is -1.03. The number of rotatable bonds is 7. The largest absolute Gasteiger partial charge is 0.497 e. The van der Waals surface area contributed by atoms with E-state index in [-0.39, 0.29) is 4.90 Å². The fraction of sp³-hybridized carbons (Fsp3) is 0.143. The lowest BCUT2D eigenvalue weighted by atomic mass is 10.2. The maximum Gasteiger partial charge on any atom is 0.336 e. The van der Waals surface area contributed by atoms with Gasteiger partial charge in [-0.1, -0.05) is 17.7 Å². The van der Waals surface area contributed by atoms with Crippen molar-refractivity contribution in [1.82, 2.24) is 0 Å². The van der Waals surface area contributed by atoms with E-state index in [0.29, 0.717) is 11.5 Å². The van der Waals surface area contributed by atoms with Crippen molar-refractivity contribution in [3.63, 3.8) is 0 Å². The standard InChI is InChI=1S/C21H21IO5S/c1-16-4-14-21(15-5-16)28(23,24)27-22(17-6-10-19(25-2)11-7-17)18-8-12-20(26-3)13-9-18/h4-15H,1-3H3/q+1. The molecule has 0 fully saturated rings. The van der Waals surface area contributed by atoms with Crippen LogP contribution in [0.3, 0.4) is 0 Å². The Balaban J connectivity index is 2.00. The Kier molecular flexibility index (Phi) is 6.58. The van der Waals surface area contributed by atoms with Gasteiger partial charge in [-0.05, 0) is 70.1 Å². The first-order valence-electron chi connectivity index (χ1n) is 8.43. The van der Waals surface area contributed by atoms with Crippen molar-refractivity contribution < 1.29 is 40.6 Å². The van der Waals surface area contributed by atoms with Crippen LogP contribution in [0.25, 0.3) is 0 Å². The van der Waals surface area contributed by atoms with Crippen molar-refractivity contribution in [3.8, 4) is 11.5 Å². The number of hydrogen-bond acceptors (Lipinski definition) is 5. The second-order valence-electron chi connectivity index (χ2n) is 5.90. The first-order chi connectivity index (χ1) is 13.4. The van der Waals surface area contributed by atoms with E-state index in [1.165, 1.54) is 0 Å². The molecule has 0 bridgehead atoms. The SMILES string of the molecule is COc1ccc([I+](OS(=O)(=O)c2ccc(C)cc2)c2ccc(OC)cc2)cc1. The van der Waals surface area contributed by atoms with Crippen molar-refractivity contribution in [1.29, 1.82) is 0 Å². The highest BCUT2D eigenvalue weighted by Crippen LogP contribution is 2.12. The molecule has 0 spiro atoms. The molecular weight excluding hydrogens is 491 g/mol. The van der Waals surface area contributed by atoms with Crippen LogP contribution in [0.2, 0.25) is 0 Å². The summed E-state index contributed by atoms with van der Waals surface area (Å²) in [6.45, 7) is 1.91. The maximum absolute atomic E-state index is 12.9. The van der Waals surface area contributed by atoms with E-state index in [2.05, 4.69) is 0 Å². The molecule has 28 heavy (non-hydrogen) atoms. The van der Waals surface area contributed by atoms with Gasteiger partial charge in [-0.2, -0.15) is 8.42 Å². The summed E-state index contributed by atoms with van der Waals surface area (Å²) in [5.41, 5.74) is 0.986. The second kappa shape index (κ2) is 8.93. The maximum atomic E-state index is 12.9. The number of aryl methyl sites for hydroxylation is 1. The van der Waals surface area contributed by atoms with Gasteiger partial charge in [-0.25, -0.2) is 0 Å². The second-order valence-corrected chi connectivity index (χ2v) is 12.4. The molecule has 3 aromatic carbocycles. The van der Waals surface area contributed by atoms with Gasteiger partial charge in [0, 0.05) is 0 Å². The van der Waals surface area contributed by atoms with Crippen LogP contribution in [0.1, 0.15) is 5.56 Å². The molecule has 147 valence electrons. The summed E-state index contributed by atoms with van der Waals surface area (Å²) >= 11 is -2.74. The summed E-state index contributed by atoms with van der Waals surface area (Å²) < 4.78 is 43.8. The first-order valence-corrected chi connectivity index (χ1v) is 12.9. The van der Waals surface area contributed by atoms with E-state index in [0.717, 1.165) is 12.7 Å². The minimum absolute atomic E-state index is 0.155. The molecular formula is C21H21IO5S+. The fourth-order valence-electron chi connectivity index (χ4n) is 2.39. The van der Waals surface area contributed by atoms with E-state index in [4.69, 9.17) is 12.0 Å². The van der Waals surface area contributed by atoms with Crippen LogP contribution in [0.5, 0.6) is 11.5 Å². The van der Waals surface area contributed by atoms with Crippen LogP contribution >= 0.6 is 0 Å². The molecule has 7 heteroatoms. The predicted octanol–water partition coefficient (Wildman–Crippen LogP) is 0.997. The zero-order chi connectivity index (χ0) is 20.1. The Morgan fingerprint density at radius 3 is 1.50 bits per heavy atom. The molecule has 0 aliphatic rings. The molecule has 3 aromatic rings. The van der Waals surface area contributed by atoms with Crippen LogP contribution < -0.4 is 29.7 Å². The van der Waals surface area contributed by atoms with Crippen LogP contribution in [0.15, 0.2) is 77.7 Å². The van der Waals surface area contributed by atoms with Crippen LogP contribution in [0, 0.1) is 14.1 Å². The summed E-state index contributed by atoms with van der Waals surface area (Å²) in [6.07, 6.45) is 0. The highest BCUT2D eigenvalue weighted by Gasteiger charge is 2.37. The Morgan fingerprint density at radius 2 is 1.11 bits per heavy atom. The topological polar surface area (TPSA) is 61.8 Å². The van der Waals surface area contributed by atoms with Crippen molar-refractivity contribution in [2.24, 2.45) is 0 Å². The lowest BCUT2D eigenvalue weighted by Crippen LogP contribution is -3.85. The molecule has 1 radical (unpaired) electrons. The molecule has 0 amide bonds. The number of hydrogen-bond donors (Lipinski definition) is 0. The van der Waals surface area contributed by atoms with E-state index >= 15 is 0 Å². The molecule has 3 rings (SSSR count). The third-order valence-corrected chi connectivity index (χ3v) is 11.3. The van der Waals surface area contributed by atoms with Gasteiger partial charge in [0.25, 0.3) is 0 Å². The van der Waals surface area contributed by atoms with Gasteiger partial charge >= 0.3 is 30.4 Å². The van der Waals surface area contributed by atoms with Gasteiger partial charge in [0.1, 0.15) is 11.5 Å². The zero-order valence-corrected chi connectivity index (χ0v) is 18.7. The van der Waals surface area contributed by atoms with Gasteiger partial charge in [0.2, 0.25) is 0 Å². The molecule has 0 heterocycles. The summed E-state index contributed by atoms with van der Waals surface area (Å²) in [4.78, 5) is 0.155. The van der Waals surface area contributed by atoms with E-state index < -0.39 is 30.4 Å². The first kappa shape index (κ1) is 20.6. The number of ether oxygens (including phenoxy) is 2. The summed E-state index contributed by atoms with van der Waals surface area (Å²) in [5.74, 6) is 1.41. The quantitative estimate of drug-likeness (QED) is 0.443. The molecule has 0 aliphatic carbocycles. The minimum atomic E-state index is -3.90. The number of methoxy groups -OCH3 is 2. The molecule has 0 N–H and O–H groups in total. The third kappa shape index (κ3) is 4.84. The monoisotopic (exact) mass is 512 g/mol. The van der Waals surface area contributed by atoms with Crippen LogP contribution in [0.4, 0.5) is 0 Å². The minimum Gasteiger partial charge on any atom is -0.497 e. The van der Waals surface area contributed by atoms with E-state index in [1.807, 2.05) is 55.5 Å². The van der Waals surface area contributed by atoms with Crippen molar-refractivity contribution in [2.75, 3.05) is 14.2 Å². The molecule has 0 unspecified atom stereocenters. The Labute approximate surface area is 173 Å². The Hall–Kier alpha value is -2.10. The van der Waals surface area contributed by atoms with Gasteiger partial charge in [-0.3, -0.25) is 0 Å². The van der Waals surface area contributed by atoms with Crippen molar-refractivity contribution >= 4 is 10.1 Å². The highest BCUT2D eigenvalue weighted by atomic mass is 127.